The first-order valence-corrected chi connectivity index (χ1v) is 6.40. The van der Waals surface area contributed by atoms with Crippen molar-refractivity contribution in [1.29, 1.82) is 0 Å². The summed E-state index contributed by atoms with van der Waals surface area (Å²) in [4.78, 5) is 15.9. The third-order valence-corrected chi connectivity index (χ3v) is 3.46. The predicted molar refractivity (Wildman–Crippen MR) is 71.1 cm³/mol. The predicted octanol–water partition coefficient (Wildman–Crippen LogP) is 2.58. The first kappa shape index (κ1) is 12.9. The minimum Gasteiger partial charge on any atom is -0.396 e. The Bertz CT molecular complexity index is 616. The normalized spacial score (nSPS) is 10.4. The molecule has 0 unspecified atom stereocenters. The van der Waals surface area contributed by atoms with E-state index < -0.39 is 11.7 Å². The number of rotatable bonds is 2. The Morgan fingerprint density at radius 1 is 1.56 bits per heavy atom. The topological polar surface area (TPSA) is 80.9 Å². The number of benzene rings is 1. The van der Waals surface area contributed by atoms with Crippen LogP contribution in [0.5, 0.6) is 0 Å². The quantitative estimate of drug-likeness (QED) is 0.829. The van der Waals surface area contributed by atoms with E-state index in [0.717, 1.165) is 17.6 Å². The Morgan fingerprint density at radius 2 is 2.28 bits per heavy atom. The van der Waals surface area contributed by atoms with Gasteiger partial charge in [0.2, 0.25) is 5.13 Å². The summed E-state index contributed by atoms with van der Waals surface area (Å²) < 4.78 is 17.4. The number of carbonyl (C=O) groups excluding carboxylic acids is 1. The summed E-state index contributed by atoms with van der Waals surface area (Å²) in [6.45, 7) is 1.72. The van der Waals surface area contributed by atoms with Gasteiger partial charge in [0.25, 0.3) is 5.91 Å². The van der Waals surface area contributed by atoms with E-state index in [0.29, 0.717) is 15.4 Å². The van der Waals surface area contributed by atoms with E-state index in [1.807, 2.05) is 0 Å². The van der Waals surface area contributed by atoms with Gasteiger partial charge in [-0.25, -0.2) is 9.37 Å². The summed E-state index contributed by atoms with van der Waals surface area (Å²) >= 11 is 4.18. The molecule has 0 fully saturated rings. The summed E-state index contributed by atoms with van der Waals surface area (Å²) in [7, 11) is 0. The molecule has 2 aromatic rings. The van der Waals surface area contributed by atoms with E-state index in [-0.39, 0.29) is 11.3 Å². The van der Waals surface area contributed by atoms with Crippen molar-refractivity contribution in [3.63, 3.8) is 0 Å². The van der Waals surface area contributed by atoms with Crippen LogP contribution in [0.25, 0.3) is 0 Å². The lowest BCUT2D eigenvalue weighted by Gasteiger charge is -2.06. The maximum atomic E-state index is 13.1. The summed E-state index contributed by atoms with van der Waals surface area (Å²) in [5.74, 6) is -0.428. The Hall–Kier alpha value is -1.54. The molecule has 0 spiro atoms. The first-order valence-electron chi connectivity index (χ1n) is 4.83. The highest BCUT2D eigenvalue weighted by molar-refractivity contribution is 9.10. The van der Waals surface area contributed by atoms with Crippen LogP contribution in [0.3, 0.4) is 0 Å². The van der Waals surface area contributed by atoms with E-state index >= 15 is 0 Å². The maximum Gasteiger partial charge on any atom is 0.258 e. The number of nitrogens with zero attached hydrogens (tertiary/aromatic N) is 2. The number of nitrogens with two attached hydrogens (primary N) is 1. The highest BCUT2D eigenvalue weighted by Gasteiger charge is 2.15. The standard InChI is InChI=1S/C10H8BrFN4OS/c1-4-14-10(18-16-4)15-9(17)5-2-8(13)7(12)3-6(5)11/h2-3H,13H2,1H3,(H,14,15,16,17). The minimum absolute atomic E-state index is 0.0863. The fourth-order valence-electron chi connectivity index (χ4n) is 1.25. The van der Waals surface area contributed by atoms with Crippen LogP contribution < -0.4 is 11.1 Å². The molecule has 3 N–H and O–H groups in total. The molecule has 18 heavy (non-hydrogen) atoms. The number of nitrogen functional groups attached to an aromatic ring is 1. The van der Waals surface area contributed by atoms with Crippen LogP contribution >= 0.6 is 27.5 Å². The lowest BCUT2D eigenvalue weighted by molar-refractivity contribution is 0.102. The minimum atomic E-state index is -0.579. The molecule has 1 heterocycles. The molecule has 94 valence electrons. The van der Waals surface area contributed by atoms with Gasteiger partial charge in [0.1, 0.15) is 11.6 Å². The van der Waals surface area contributed by atoms with Crippen molar-refractivity contribution in [2.45, 2.75) is 6.92 Å². The molecule has 0 aliphatic heterocycles. The van der Waals surface area contributed by atoms with Crippen LogP contribution in [0.1, 0.15) is 16.2 Å². The number of hydrogen-bond acceptors (Lipinski definition) is 5. The van der Waals surface area contributed by atoms with Gasteiger partial charge < -0.3 is 5.73 Å². The summed E-state index contributed by atoms with van der Waals surface area (Å²) in [5, 5.41) is 2.95. The zero-order valence-electron chi connectivity index (χ0n) is 9.20. The fraction of sp³-hybridized carbons (Fsp3) is 0.100. The van der Waals surface area contributed by atoms with Crippen LogP contribution in [0.2, 0.25) is 0 Å². The van der Waals surface area contributed by atoms with Crippen LogP contribution in [0.15, 0.2) is 16.6 Å². The molecule has 1 aromatic carbocycles. The Labute approximate surface area is 115 Å². The van der Waals surface area contributed by atoms with Gasteiger partial charge in [0.05, 0.1) is 11.3 Å². The largest absolute Gasteiger partial charge is 0.396 e. The second-order valence-electron chi connectivity index (χ2n) is 3.45. The van der Waals surface area contributed by atoms with Crippen molar-refractivity contribution >= 4 is 44.2 Å². The number of aryl methyl sites for hydroxylation is 1. The summed E-state index contributed by atoms with van der Waals surface area (Å²) in [6, 6.07) is 2.41. The van der Waals surface area contributed by atoms with Crippen LogP contribution in [-0.4, -0.2) is 15.3 Å². The Kier molecular flexibility index (Phi) is 3.58. The average molecular weight is 331 g/mol. The van der Waals surface area contributed by atoms with E-state index in [1.165, 1.54) is 6.07 Å². The van der Waals surface area contributed by atoms with Crippen molar-refractivity contribution in [1.82, 2.24) is 9.36 Å². The zero-order valence-corrected chi connectivity index (χ0v) is 11.6. The SMILES string of the molecule is Cc1nsc(NC(=O)c2cc(N)c(F)cc2Br)n1. The molecule has 0 bridgehead atoms. The van der Waals surface area contributed by atoms with E-state index in [4.69, 9.17) is 5.73 Å². The van der Waals surface area contributed by atoms with E-state index in [9.17, 15) is 9.18 Å². The van der Waals surface area contributed by atoms with Gasteiger partial charge in [-0.1, -0.05) is 0 Å². The van der Waals surface area contributed by atoms with Crippen LogP contribution in [0, 0.1) is 12.7 Å². The third-order valence-electron chi connectivity index (χ3n) is 2.08. The van der Waals surface area contributed by atoms with Gasteiger partial charge in [-0.2, -0.15) is 4.37 Å². The number of carbonyl (C=O) groups is 1. The van der Waals surface area contributed by atoms with Gasteiger partial charge in [0, 0.05) is 16.0 Å². The molecule has 0 saturated heterocycles. The second-order valence-corrected chi connectivity index (χ2v) is 5.06. The molecule has 0 aliphatic carbocycles. The Morgan fingerprint density at radius 3 is 2.89 bits per heavy atom. The molecule has 0 atom stereocenters. The van der Waals surface area contributed by atoms with E-state index in [2.05, 4.69) is 30.6 Å². The highest BCUT2D eigenvalue weighted by Crippen LogP contribution is 2.24. The molecule has 0 aliphatic rings. The smallest absolute Gasteiger partial charge is 0.258 e. The van der Waals surface area contributed by atoms with Gasteiger partial charge in [-0.3, -0.25) is 10.1 Å². The lowest BCUT2D eigenvalue weighted by Crippen LogP contribution is -2.13. The molecular formula is C10H8BrFN4OS. The molecular weight excluding hydrogens is 323 g/mol. The maximum absolute atomic E-state index is 13.1. The van der Waals surface area contributed by atoms with Crippen molar-refractivity contribution in [2.75, 3.05) is 11.1 Å². The van der Waals surface area contributed by atoms with Crippen molar-refractivity contribution in [3.05, 3.63) is 33.8 Å². The third kappa shape index (κ3) is 2.65. The highest BCUT2D eigenvalue weighted by atomic mass is 79.9. The number of hydrogen-bond donors (Lipinski definition) is 2. The van der Waals surface area contributed by atoms with Crippen molar-refractivity contribution in [3.8, 4) is 0 Å². The van der Waals surface area contributed by atoms with Gasteiger partial charge in [0.15, 0.2) is 0 Å². The second kappa shape index (κ2) is 4.99. The van der Waals surface area contributed by atoms with Gasteiger partial charge in [-0.05, 0) is 35.0 Å². The lowest BCUT2D eigenvalue weighted by atomic mass is 10.2. The zero-order chi connectivity index (χ0) is 13.3. The fourth-order valence-corrected chi connectivity index (χ4v) is 2.32. The molecule has 0 saturated carbocycles. The summed E-state index contributed by atoms with van der Waals surface area (Å²) in [5.41, 5.74) is 5.58. The first-order chi connectivity index (χ1) is 8.47. The van der Waals surface area contributed by atoms with Crippen LogP contribution in [0.4, 0.5) is 15.2 Å². The number of halogens is 2. The Balaban J connectivity index is 2.26. The number of aromatic nitrogens is 2. The van der Waals surface area contributed by atoms with Crippen LogP contribution in [-0.2, 0) is 0 Å². The number of nitrogens with one attached hydrogen (secondary N) is 1. The average Bonchev–Trinajstić information content (AvgIpc) is 2.69. The number of anilines is 2. The molecule has 1 aromatic heterocycles. The van der Waals surface area contributed by atoms with Gasteiger partial charge >= 0.3 is 0 Å². The number of amides is 1. The summed E-state index contributed by atoms with van der Waals surface area (Å²) in [6.07, 6.45) is 0. The van der Waals surface area contributed by atoms with Crippen molar-refractivity contribution in [2.24, 2.45) is 0 Å². The van der Waals surface area contributed by atoms with Crippen molar-refractivity contribution < 1.29 is 9.18 Å². The molecule has 2 rings (SSSR count). The monoisotopic (exact) mass is 330 g/mol. The molecule has 0 radical (unpaired) electrons. The van der Waals surface area contributed by atoms with E-state index in [1.54, 1.807) is 6.92 Å². The van der Waals surface area contributed by atoms with Gasteiger partial charge in [-0.15, -0.1) is 0 Å². The molecule has 1 amide bonds. The molecule has 8 heteroatoms. The molecule has 5 nitrogen and oxygen atoms in total.